The molecule has 3 aromatic rings. The number of pyridine rings is 1. The number of nitrogens with one attached hydrogen (secondary N) is 1. The van der Waals surface area contributed by atoms with Crippen molar-refractivity contribution in [3.63, 3.8) is 0 Å². The first-order valence-electron chi connectivity index (χ1n) is 10.2. The number of hydrogen-bond acceptors (Lipinski definition) is 3. The first-order valence-corrected chi connectivity index (χ1v) is 10.6. The Balaban J connectivity index is 1.58. The predicted octanol–water partition coefficient (Wildman–Crippen LogP) is 4.16. The van der Waals surface area contributed by atoms with Crippen molar-refractivity contribution < 1.29 is 9.13 Å². The summed E-state index contributed by atoms with van der Waals surface area (Å²) >= 11 is 5.74. The third-order valence-corrected chi connectivity index (χ3v) is 6.17. The van der Waals surface area contributed by atoms with Crippen LogP contribution in [0.1, 0.15) is 36.3 Å². The summed E-state index contributed by atoms with van der Waals surface area (Å²) in [6.45, 7) is 1.49. The van der Waals surface area contributed by atoms with Crippen LogP contribution < -0.4 is 5.32 Å². The van der Waals surface area contributed by atoms with Crippen molar-refractivity contribution in [2.75, 3.05) is 13.2 Å². The van der Waals surface area contributed by atoms with Gasteiger partial charge in [0.15, 0.2) is 5.11 Å². The van der Waals surface area contributed by atoms with Gasteiger partial charge < -0.3 is 19.5 Å². The molecule has 0 amide bonds. The van der Waals surface area contributed by atoms with Crippen LogP contribution in [0.25, 0.3) is 5.69 Å². The second kappa shape index (κ2) is 8.16. The van der Waals surface area contributed by atoms with Crippen molar-refractivity contribution in [1.29, 1.82) is 0 Å². The maximum atomic E-state index is 14.6. The first-order chi connectivity index (χ1) is 14.7. The Morgan fingerprint density at radius 3 is 2.77 bits per heavy atom. The van der Waals surface area contributed by atoms with Gasteiger partial charge >= 0.3 is 0 Å². The van der Waals surface area contributed by atoms with Crippen LogP contribution in [0.4, 0.5) is 4.39 Å². The van der Waals surface area contributed by atoms with Gasteiger partial charge in [0.2, 0.25) is 0 Å². The van der Waals surface area contributed by atoms with E-state index in [4.69, 9.17) is 17.0 Å². The van der Waals surface area contributed by atoms with Gasteiger partial charge in [-0.05, 0) is 61.5 Å². The number of rotatable bonds is 5. The maximum Gasteiger partial charge on any atom is 0.170 e. The van der Waals surface area contributed by atoms with Gasteiger partial charge in [0.25, 0.3) is 0 Å². The molecule has 2 aliphatic rings. The number of nitrogens with zero attached hydrogens (tertiary/aromatic N) is 3. The number of aromatic nitrogens is 2. The number of halogens is 1. The summed E-state index contributed by atoms with van der Waals surface area (Å²) in [6, 6.07) is 16.4. The Hall–Kier alpha value is -2.77. The quantitative estimate of drug-likeness (QED) is 0.626. The molecule has 4 heterocycles. The maximum absolute atomic E-state index is 14.6. The number of benzene rings is 1. The van der Waals surface area contributed by atoms with Crippen LogP contribution >= 0.6 is 12.2 Å². The molecule has 7 heteroatoms. The van der Waals surface area contributed by atoms with Crippen molar-refractivity contribution in [2.45, 2.75) is 31.0 Å². The van der Waals surface area contributed by atoms with E-state index in [9.17, 15) is 4.39 Å². The molecule has 2 aromatic heterocycles. The second-order valence-corrected chi connectivity index (χ2v) is 8.06. The Morgan fingerprint density at radius 1 is 1.13 bits per heavy atom. The molecule has 154 valence electrons. The fraction of sp³-hybridized carbons (Fsp3) is 0.304. The van der Waals surface area contributed by atoms with Crippen LogP contribution in [0, 0.1) is 5.82 Å². The highest BCUT2D eigenvalue weighted by molar-refractivity contribution is 7.80. The monoisotopic (exact) mass is 422 g/mol. The lowest BCUT2D eigenvalue weighted by atomic mass is 10.0. The molecular weight excluding hydrogens is 399 g/mol. The van der Waals surface area contributed by atoms with Crippen molar-refractivity contribution in [3.05, 3.63) is 84.2 Å². The predicted molar refractivity (Wildman–Crippen MR) is 117 cm³/mol. The third kappa shape index (κ3) is 3.48. The summed E-state index contributed by atoms with van der Waals surface area (Å²) < 4.78 is 22.4. The van der Waals surface area contributed by atoms with Crippen molar-refractivity contribution in [3.8, 4) is 5.69 Å². The molecule has 5 nitrogen and oxygen atoms in total. The molecule has 2 fully saturated rings. The largest absolute Gasteiger partial charge is 0.376 e. The lowest BCUT2D eigenvalue weighted by Crippen LogP contribution is -2.36. The van der Waals surface area contributed by atoms with E-state index in [1.54, 1.807) is 18.3 Å². The number of thiocarbonyl (C=S) groups is 1. The summed E-state index contributed by atoms with van der Waals surface area (Å²) in [4.78, 5) is 6.76. The normalized spacial score (nSPS) is 23.7. The molecule has 5 rings (SSSR count). The Labute approximate surface area is 180 Å². The van der Waals surface area contributed by atoms with E-state index in [1.807, 2.05) is 47.2 Å². The van der Waals surface area contributed by atoms with E-state index < -0.39 is 0 Å². The minimum Gasteiger partial charge on any atom is -0.376 e. The summed E-state index contributed by atoms with van der Waals surface area (Å²) in [5, 5.41) is 4.13. The molecule has 0 saturated carbocycles. The van der Waals surface area contributed by atoms with Crippen LogP contribution in [0.3, 0.4) is 0 Å². The summed E-state index contributed by atoms with van der Waals surface area (Å²) in [5.74, 6) is -0.261. The van der Waals surface area contributed by atoms with Crippen LogP contribution in [0.5, 0.6) is 0 Å². The van der Waals surface area contributed by atoms with Crippen LogP contribution in [-0.4, -0.2) is 38.8 Å². The average Bonchev–Trinajstić information content (AvgIpc) is 3.51. The van der Waals surface area contributed by atoms with Gasteiger partial charge in [-0.25, -0.2) is 4.39 Å². The van der Waals surface area contributed by atoms with Gasteiger partial charge in [0.1, 0.15) is 5.82 Å². The molecule has 0 radical (unpaired) electrons. The van der Waals surface area contributed by atoms with E-state index in [0.717, 1.165) is 30.8 Å². The first kappa shape index (κ1) is 19.2. The van der Waals surface area contributed by atoms with E-state index in [-0.39, 0.29) is 24.0 Å². The lowest BCUT2D eigenvalue weighted by molar-refractivity contribution is 0.0836. The molecule has 2 saturated heterocycles. The van der Waals surface area contributed by atoms with Crippen LogP contribution in [-0.2, 0) is 4.74 Å². The van der Waals surface area contributed by atoms with Crippen molar-refractivity contribution >= 4 is 17.3 Å². The van der Waals surface area contributed by atoms with Gasteiger partial charge in [-0.1, -0.05) is 18.2 Å². The molecule has 0 aliphatic carbocycles. The molecule has 0 bridgehead atoms. The Bertz CT molecular complexity index is 1030. The zero-order valence-electron chi connectivity index (χ0n) is 16.4. The van der Waals surface area contributed by atoms with Crippen molar-refractivity contribution in [1.82, 2.24) is 19.8 Å². The topological polar surface area (TPSA) is 42.3 Å². The number of hydrogen-bond donors (Lipinski definition) is 1. The second-order valence-electron chi connectivity index (χ2n) is 7.67. The van der Waals surface area contributed by atoms with Crippen LogP contribution in [0.2, 0.25) is 0 Å². The Morgan fingerprint density at radius 2 is 2.00 bits per heavy atom. The molecule has 1 aromatic carbocycles. The lowest BCUT2D eigenvalue weighted by Gasteiger charge is -2.30. The van der Waals surface area contributed by atoms with E-state index in [1.165, 1.54) is 6.07 Å². The van der Waals surface area contributed by atoms with E-state index in [2.05, 4.69) is 15.2 Å². The average molecular weight is 423 g/mol. The zero-order valence-corrected chi connectivity index (χ0v) is 17.3. The zero-order chi connectivity index (χ0) is 20.5. The summed E-state index contributed by atoms with van der Waals surface area (Å²) in [7, 11) is 0. The summed E-state index contributed by atoms with van der Waals surface area (Å²) in [5.41, 5.74) is 2.38. The van der Waals surface area contributed by atoms with Gasteiger partial charge in [0, 0.05) is 31.2 Å². The highest BCUT2D eigenvalue weighted by Crippen LogP contribution is 2.40. The van der Waals surface area contributed by atoms with Gasteiger partial charge in [-0.3, -0.25) is 4.98 Å². The van der Waals surface area contributed by atoms with Gasteiger partial charge in [-0.15, -0.1) is 0 Å². The smallest absolute Gasteiger partial charge is 0.170 e. The molecular formula is C23H23FN4OS. The molecule has 2 aliphatic heterocycles. The molecule has 30 heavy (non-hydrogen) atoms. The highest BCUT2D eigenvalue weighted by Gasteiger charge is 2.42. The van der Waals surface area contributed by atoms with Gasteiger partial charge in [-0.2, -0.15) is 0 Å². The third-order valence-electron chi connectivity index (χ3n) is 5.82. The number of para-hydroxylation sites is 1. The van der Waals surface area contributed by atoms with Crippen molar-refractivity contribution in [2.24, 2.45) is 0 Å². The highest BCUT2D eigenvalue weighted by atomic mass is 32.1. The molecule has 1 N–H and O–H groups in total. The summed E-state index contributed by atoms with van der Waals surface area (Å²) in [6.07, 6.45) is 5.92. The number of ether oxygens (including phenoxy) is 1. The van der Waals surface area contributed by atoms with Crippen LogP contribution in [0.15, 0.2) is 67.0 Å². The van der Waals surface area contributed by atoms with Gasteiger partial charge in [0.05, 0.1) is 29.6 Å². The fourth-order valence-electron chi connectivity index (χ4n) is 4.43. The minimum atomic E-state index is -0.261. The molecule has 3 unspecified atom stereocenters. The Kier molecular flexibility index (Phi) is 5.23. The van der Waals surface area contributed by atoms with E-state index >= 15 is 0 Å². The molecule has 3 atom stereocenters. The van der Waals surface area contributed by atoms with E-state index in [0.29, 0.717) is 17.3 Å². The standard InChI is InChI=1S/C23H23FN4OS/c24-17-8-1-2-10-19(17)27-13-5-11-20(27)22-21(18-9-3-4-12-25-18)26-23(30)28(22)15-16-7-6-14-29-16/h1-5,8-13,16,21-22H,6-7,14-15H2,(H,26,30). The minimum absolute atomic E-state index is 0.133. The SMILES string of the molecule is Fc1ccccc1-n1cccc1C1C(c2ccccn2)NC(=S)N1CC1CCCO1. The fourth-order valence-corrected chi connectivity index (χ4v) is 4.75. The molecule has 0 spiro atoms.